The molecule has 2 unspecified atom stereocenters. The zero-order valence-electron chi connectivity index (χ0n) is 10.9. The van der Waals surface area contributed by atoms with Crippen LogP contribution in [0, 0.1) is 6.92 Å². The van der Waals surface area contributed by atoms with Gasteiger partial charge in [0.2, 0.25) is 11.8 Å². The van der Waals surface area contributed by atoms with Gasteiger partial charge < -0.3 is 11.1 Å². The number of aryl methyl sites for hydroxylation is 1. The van der Waals surface area contributed by atoms with Gasteiger partial charge in [0.05, 0.1) is 12.1 Å². The van der Waals surface area contributed by atoms with Crippen molar-refractivity contribution in [2.24, 2.45) is 5.73 Å². The molecule has 1 aromatic carbocycles. The Balaban J connectivity index is 2.54. The fourth-order valence-electron chi connectivity index (χ4n) is 1.42. The van der Waals surface area contributed by atoms with Crippen LogP contribution >= 0.6 is 0 Å². The predicted octanol–water partition coefficient (Wildman–Crippen LogP) is 0.785. The van der Waals surface area contributed by atoms with E-state index in [0.717, 1.165) is 11.3 Å². The lowest BCUT2D eigenvalue weighted by atomic mass is 10.2. The second kappa shape index (κ2) is 6.16. The van der Waals surface area contributed by atoms with Crippen LogP contribution in [0.15, 0.2) is 24.3 Å². The highest BCUT2D eigenvalue weighted by molar-refractivity contribution is 5.95. The quantitative estimate of drug-likeness (QED) is 0.721. The zero-order chi connectivity index (χ0) is 13.7. The molecule has 4 N–H and O–H groups in total. The van der Waals surface area contributed by atoms with Crippen molar-refractivity contribution in [2.45, 2.75) is 32.9 Å². The van der Waals surface area contributed by atoms with Crippen LogP contribution in [0.3, 0.4) is 0 Å². The molecule has 5 heteroatoms. The number of hydrogen-bond donors (Lipinski definition) is 3. The first kappa shape index (κ1) is 14.2. The maximum Gasteiger partial charge on any atom is 0.241 e. The molecule has 0 aromatic heterocycles. The molecule has 1 aromatic rings. The molecule has 2 amide bonds. The lowest BCUT2D eigenvalue weighted by Gasteiger charge is -2.17. The standard InChI is InChI=1S/C13H19N3O2/c1-8-4-6-11(7-5-8)16-13(18)10(3)15-9(2)12(14)17/h4-7,9-10,15H,1-3H3,(H2,14,17)(H,16,18). The first-order valence-electron chi connectivity index (χ1n) is 5.83. The molecule has 0 bridgehead atoms. The van der Waals surface area contributed by atoms with Gasteiger partial charge >= 0.3 is 0 Å². The summed E-state index contributed by atoms with van der Waals surface area (Å²) in [5, 5.41) is 5.58. The van der Waals surface area contributed by atoms with Crippen molar-refractivity contribution in [2.75, 3.05) is 5.32 Å². The average molecular weight is 249 g/mol. The highest BCUT2D eigenvalue weighted by Crippen LogP contribution is 2.08. The van der Waals surface area contributed by atoms with E-state index >= 15 is 0 Å². The number of primary amides is 1. The van der Waals surface area contributed by atoms with Crippen LogP contribution in [0.25, 0.3) is 0 Å². The van der Waals surface area contributed by atoms with E-state index in [2.05, 4.69) is 10.6 Å². The highest BCUT2D eigenvalue weighted by atomic mass is 16.2. The van der Waals surface area contributed by atoms with Crippen LogP contribution in [0.2, 0.25) is 0 Å². The number of nitrogens with one attached hydrogen (secondary N) is 2. The van der Waals surface area contributed by atoms with Gasteiger partial charge in [0.1, 0.15) is 0 Å². The molecule has 0 saturated carbocycles. The minimum atomic E-state index is -0.538. The number of carbonyl (C=O) groups excluding carboxylic acids is 2. The topological polar surface area (TPSA) is 84.2 Å². The summed E-state index contributed by atoms with van der Waals surface area (Å²) in [6.07, 6.45) is 0. The number of nitrogens with two attached hydrogens (primary N) is 1. The highest BCUT2D eigenvalue weighted by Gasteiger charge is 2.17. The van der Waals surface area contributed by atoms with E-state index in [9.17, 15) is 9.59 Å². The molecule has 0 aliphatic rings. The van der Waals surface area contributed by atoms with Gasteiger partial charge in [-0.2, -0.15) is 0 Å². The van der Waals surface area contributed by atoms with Crippen LogP contribution in [0.5, 0.6) is 0 Å². The van der Waals surface area contributed by atoms with E-state index in [4.69, 9.17) is 5.73 Å². The summed E-state index contributed by atoms with van der Waals surface area (Å²) < 4.78 is 0. The van der Waals surface area contributed by atoms with Crippen LogP contribution in [-0.2, 0) is 9.59 Å². The molecule has 2 atom stereocenters. The molecule has 0 fully saturated rings. The summed E-state index contributed by atoms with van der Waals surface area (Å²) >= 11 is 0. The van der Waals surface area contributed by atoms with E-state index < -0.39 is 18.0 Å². The molecule has 0 aliphatic carbocycles. The van der Waals surface area contributed by atoms with Gasteiger partial charge in [-0.1, -0.05) is 17.7 Å². The van der Waals surface area contributed by atoms with Gasteiger partial charge in [-0.3, -0.25) is 14.9 Å². The van der Waals surface area contributed by atoms with E-state index in [0.29, 0.717) is 0 Å². The van der Waals surface area contributed by atoms with Crippen LogP contribution in [0.1, 0.15) is 19.4 Å². The number of rotatable bonds is 5. The second-order valence-electron chi connectivity index (χ2n) is 4.37. The van der Waals surface area contributed by atoms with Crippen molar-refractivity contribution in [1.82, 2.24) is 5.32 Å². The van der Waals surface area contributed by atoms with Gasteiger partial charge in [-0.25, -0.2) is 0 Å². The van der Waals surface area contributed by atoms with Crippen molar-refractivity contribution in [3.05, 3.63) is 29.8 Å². The van der Waals surface area contributed by atoms with Crippen molar-refractivity contribution >= 4 is 17.5 Å². The first-order chi connectivity index (χ1) is 8.40. The maximum absolute atomic E-state index is 11.8. The third kappa shape index (κ3) is 4.18. The third-order valence-electron chi connectivity index (χ3n) is 2.64. The summed E-state index contributed by atoms with van der Waals surface area (Å²) in [4.78, 5) is 22.7. The van der Waals surface area contributed by atoms with E-state index in [-0.39, 0.29) is 5.91 Å². The molecule has 1 rings (SSSR count). The Labute approximate surface area is 107 Å². The molecule has 0 heterocycles. The molecule has 0 aliphatic heterocycles. The molecule has 0 spiro atoms. The van der Waals surface area contributed by atoms with Gasteiger partial charge in [0, 0.05) is 5.69 Å². The molecule has 18 heavy (non-hydrogen) atoms. The summed E-state index contributed by atoms with van der Waals surface area (Å²) in [6.45, 7) is 5.28. The average Bonchev–Trinajstić information content (AvgIpc) is 2.31. The Morgan fingerprint density at radius 1 is 1.11 bits per heavy atom. The fraction of sp³-hybridized carbons (Fsp3) is 0.385. The van der Waals surface area contributed by atoms with Gasteiger partial charge in [-0.15, -0.1) is 0 Å². The predicted molar refractivity (Wildman–Crippen MR) is 71.1 cm³/mol. The Morgan fingerprint density at radius 2 is 1.67 bits per heavy atom. The number of anilines is 1. The number of benzene rings is 1. The molecule has 5 nitrogen and oxygen atoms in total. The maximum atomic E-state index is 11.8. The lowest BCUT2D eigenvalue weighted by Crippen LogP contribution is -2.48. The van der Waals surface area contributed by atoms with Crippen molar-refractivity contribution in [3.63, 3.8) is 0 Å². The zero-order valence-corrected chi connectivity index (χ0v) is 10.9. The number of carbonyl (C=O) groups is 2. The summed E-state index contributed by atoms with van der Waals surface area (Å²) in [7, 11) is 0. The van der Waals surface area contributed by atoms with Gasteiger partial charge in [-0.05, 0) is 32.9 Å². The normalized spacial score (nSPS) is 13.7. The smallest absolute Gasteiger partial charge is 0.241 e. The molecular weight excluding hydrogens is 230 g/mol. The van der Waals surface area contributed by atoms with E-state index in [1.54, 1.807) is 13.8 Å². The first-order valence-corrected chi connectivity index (χ1v) is 5.83. The molecular formula is C13H19N3O2. The fourth-order valence-corrected chi connectivity index (χ4v) is 1.42. The van der Waals surface area contributed by atoms with Crippen molar-refractivity contribution in [3.8, 4) is 0 Å². The largest absolute Gasteiger partial charge is 0.368 e. The van der Waals surface area contributed by atoms with Crippen LogP contribution in [0.4, 0.5) is 5.69 Å². The third-order valence-corrected chi connectivity index (χ3v) is 2.64. The number of hydrogen-bond acceptors (Lipinski definition) is 3. The Hall–Kier alpha value is -1.88. The minimum absolute atomic E-state index is 0.202. The Kier molecular flexibility index (Phi) is 4.85. The van der Waals surface area contributed by atoms with Gasteiger partial charge in [0.15, 0.2) is 0 Å². The summed E-state index contributed by atoms with van der Waals surface area (Å²) in [5.41, 5.74) is 6.97. The molecule has 0 saturated heterocycles. The van der Waals surface area contributed by atoms with Crippen molar-refractivity contribution in [1.29, 1.82) is 0 Å². The van der Waals surface area contributed by atoms with E-state index in [1.165, 1.54) is 0 Å². The van der Waals surface area contributed by atoms with Crippen molar-refractivity contribution < 1.29 is 9.59 Å². The molecule has 0 radical (unpaired) electrons. The van der Waals surface area contributed by atoms with Crippen LogP contribution < -0.4 is 16.4 Å². The van der Waals surface area contributed by atoms with Gasteiger partial charge in [0.25, 0.3) is 0 Å². The van der Waals surface area contributed by atoms with E-state index in [1.807, 2.05) is 31.2 Å². The second-order valence-corrected chi connectivity index (χ2v) is 4.37. The van der Waals surface area contributed by atoms with Crippen LogP contribution in [-0.4, -0.2) is 23.9 Å². The summed E-state index contributed by atoms with van der Waals surface area (Å²) in [5.74, 6) is -0.683. The SMILES string of the molecule is Cc1ccc(NC(=O)C(C)NC(C)C(N)=O)cc1. The lowest BCUT2D eigenvalue weighted by molar-refractivity contribution is -0.121. The number of amides is 2. The monoisotopic (exact) mass is 249 g/mol. The minimum Gasteiger partial charge on any atom is -0.368 e. The molecule has 98 valence electrons. The Morgan fingerprint density at radius 3 is 2.17 bits per heavy atom. The summed E-state index contributed by atoms with van der Waals surface area (Å²) in [6, 6.07) is 6.46. The Bertz CT molecular complexity index is 428.